The van der Waals surface area contributed by atoms with Crippen molar-refractivity contribution in [1.29, 1.82) is 0 Å². The molecule has 5 aromatic rings. The fraction of sp³-hybridized carbons (Fsp3) is 0.0714. The molecule has 0 fully saturated rings. The van der Waals surface area contributed by atoms with Gasteiger partial charge in [0.1, 0.15) is 0 Å². The molecule has 0 N–H and O–H groups in total. The maximum atomic E-state index is 7.23. The summed E-state index contributed by atoms with van der Waals surface area (Å²) in [6.45, 7) is 2.19. The van der Waals surface area contributed by atoms with Gasteiger partial charge in [0.25, 0.3) is 0 Å². The standard InChI is InChI=1S/C28H23O2P/c1-2-31(21-13-5-3-6-14-21,22-15-7-4-8-16-22)29-27-25-19-11-9-17-23(25)24-18-10-12-20-26(24)28(27)30-31/h3-20H,2H2,1H3. The van der Waals surface area contributed by atoms with Crippen molar-refractivity contribution in [3.63, 3.8) is 0 Å². The molecular weight excluding hydrogens is 399 g/mol. The number of benzene rings is 5. The summed E-state index contributed by atoms with van der Waals surface area (Å²) >= 11 is 0. The third-order valence-electron chi connectivity index (χ3n) is 6.54. The molecule has 0 saturated carbocycles. The van der Waals surface area contributed by atoms with Crippen LogP contribution in [0.1, 0.15) is 6.92 Å². The summed E-state index contributed by atoms with van der Waals surface area (Å²) in [4.78, 5) is 0. The molecule has 6 rings (SSSR count). The van der Waals surface area contributed by atoms with Gasteiger partial charge in [0.15, 0.2) is 0 Å². The molecule has 5 aromatic carbocycles. The molecule has 152 valence electrons. The summed E-state index contributed by atoms with van der Waals surface area (Å²) < 4.78 is 14.5. The van der Waals surface area contributed by atoms with Crippen molar-refractivity contribution in [3.8, 4) is 11.5 Å². The van der Waals surface area contributed by atoms with Crippen molar-refractivity contribution in [2.75, 3.05) is 6.16 Å². The van der Waals surface area contributed by atoms with Crippen molar-refractivity contribution in [2.24, 2.45) is 0 Å². The van der Waals surface area contributed by atoms with Gasteiger partial charge >= 0.3 is 182 Å². The summed E-state index contributed by atoms with van der Waals surface area (Å²) in [5.41, 5.74) is 0. The maximum absolute atomic E-state index is 7.23. The van der Waals surface area contributed by atoms with E-state index in [2.05, 4.69) is 104 Å². The first-order chi connectivity index (χ1) is 15.3. The Morgan fingerprint density at radius 2 is 0.839 bits per heavy atom. The first kappa shape index (κ1) is 18.4. The molecule has 0 atom stereocenters. The molecular formula is C28H23O2P. The van der Waals surface area contributed by atoms with Gasteiger partial charge in [0.05, 0.1) is 0 Å². The van der Waals surface area contributed by atoms with Crippen LogP contribution in [0, 0.1) is 0 Å². The summed E-state index contributed by atoms with van der Waals surface area (Å²) in [6.07, 6.45) is 0.747. The number of hydrogen-bond donors (Lipinski definition) is 0. The minimum atomic E-state index is -3.46. The molecule has 1 aliphatic heterocycles. The summed E-state index contributed by atoms with van der Waals surface area (Å²) in [5.74, 6) is 1.73. The van der Waals surface area contributed by atoms with Gasteiger partial charge in [-0.1, -0.05) is 0 Å². The van der Waals surface area contributed by atoms with E-state index in [4.69, 9.17) is 9.05 Å². The zero-order valence-electron chi connectivity index (χ0n) is 17.4. The Kier molecular flexibility index (Phi) is 3.91. The molecule has 0 amide bonds. The minimum absolute atomic E-state index is 0.747. The first-order valence-electron chi connectivity index (χ1n) is 10.7. The number of fused-ring (bicyclic) bond motifs is 6. The Labute approximate surface area is 182 Å². The molecule has 1 heterocycles. The van der Waals surface area contributed by atoms with Crippen molar-refractivity contribution >= 4 is 39.2 Å². The molecule has 2 nitrogen and oxygen atoms in total. The van der Waals surface area contributed by atoms with E-state index >= 15 is 0 Å². The fourth-order valence-corrected chi connectivity index (χ4v) is 9.41. The van der Waals surface area contributed by atoms with Crippen molar-refractivity contribution in [3.05, 3.63) is 109 Å². The van der Waals surface area contributed by atoms with E-state index in [-0.39, 0.29) is 0 Å². The summed E-state index contributed by atoms with van der Waals surface area (Å²) in [5, 5.41) is 6.82. The molecule has 1 aliphatic rings. The molecule has 0 aliphatic carbocycles. The second-order valence-corrected chi connectivity index (χ2v) is 12.3. The topological polar surface area (TPSA) is 18.5 Å². The Morgan fingerprint density at radius 3 is 1.23 bits per heavy atom. The van der Waals surface area contributed by atoms with Crippen LogP contribution in [-0.2, 0) is 0 Å². The van der Waals surface area contributed by atoms with Crippen LogP contribution >= 0.6 is 7.06 Å². The Hall–Kier alpha value is -3.35. The van der Waals surface area contributed by atoms with Crippen LogP contribution in [0.2, 0.25) is 0 Å². The van der Waals surface area contributed by atoms with Crippen molar-refractivity contribution in [1.82, 2.24) is 0 Å². The van der Waals surface area contributed by atoms with E-state index in [0.717, 1.165) is 39.0 Å². The average molecular weight is 422 g/mol. The van der Waals surface area contributed by atoms with Gasteiger partial charge < -0.3 is 0 Å². The van der Waals surface area contributed by atoms with Gasteiger partial charge in [-0.05, 0) is 0 Å². The van der Waals surface area contributed by atoms with Crippen LogP contribution in [0.25, 0.3) is 21.5 Å². The van der Waals surface area contributed by atoms with E-state index < -0.39 is 7.06 Å². The van der Waals surface area contributed by atoms with Gasteiger partial charge in [-0.2, -0.15) is 0 Å². The molecule has 0 unspecified atom stereocenters. The fourth-order valence-electron chi connectivity index (χ4n) is 4.98. The van der Waals surface area contributed by atoms with Gasteiger partial charge in [-0.3, -0.25) is 0 Å². The van der Waals surface area contributed by atoms with Gasteiger partial charge in [-0.15, -0.1) is 0 Å². The quantitative estimate of drug-likeness (QED) is 0.235. The predicted molar refractivity (Wildman–Crippen MR) is 132 cm³/mol. The normalized spacial score (nSPS) is 17.3. The predicted octanol–water partition coefficient (Wildman–Crippen LogP) is 6.82. The zero-order valence-corrected chi connectivity index (χ0v) is 18.3. The third kappa shape index (κ3) is 2.37. The Bertz CT molecular complexity index is 1320. The van der Waals surface area contributed by atoms with Crippen LogP contribution < -0.4 is 19.7 Å². The summed E-state index contributed by atoms with van der Waals surface area (Å²) in [7, 11) is -3.46. The van der Waals surface area contributed by atoms with E-state index in [9.17, 15) is 0 Å². The second-order valence-electron chi connectivity index (χ2n) is 8.05. The molecule has 0 saturated heterocycles. The molecule has 0 spiro atoms. The third-order valence-corrected chi connectivity index (χ3v) is 11.5. The molecule has 0 aromatic heterocycles. The molecule has 0 bridgehead atoms. The Morgan fingerprint density at radius 1 is 0.484 bits per heavy atom. The van der Waals surface area contributed by atoms with Crippen LogP contribution in [0.5, 0.6) is 11.5 Å². The van der Waals surface area contributed by atoms with E-state index in [1.807, 2.05) is 12.1 Å². The van der Waals surface area contributed by atoms with Crippen LogP contribution in [0.4, 0.5) is 0 Å². The van der Waals surface area contributed by atoms with Gasteiger partial charge in [0.2, 0.25) is 0 Å². The molecule has 31 heavy (non-hydrogen) atoms. The van der Waals surface area contributed by atoms with Crippen molar-refractivity contribution < 1.29 is 9.05 Å². The van der Waals surface area contributed by atoms with E-state index in [0.29, 0.717) is 0 Å². The van der Waals surface area contributed by atoms with Crippen molar-refractivity contribution in [2.45, 2.75) is 6.92 Å². The van der Waals surface area contributed by atoms with E-state index in [1.54, 1.807) is 0 Å². The van der Waals surface area contributed by atoms with Crippen LogP contribution in [0.15, 0.2) is 109 Å². The molecule has 0 radical (unpaired) electrons. The van der Waals surface area contributed by atoms with Crippen LogP contribution in [0.3, 0.4) is 0 Å². The van der Waals surface area contributed by atoms with Crippen LogP contribution in [-0.4, -0.2) is 6.16 Å². The van der Waals surface area contributed by atoms with Gasteiger partial charge in [-0.25, -0.2) is 0 Å². The second kappa shape index (κ2) is 6.57. The number of rotatable bonds is 3. The summed E-state index contributed by atoms with van der Waals surface area (Å²) in [6, 6.07) is 38.0. The zero-order chi connectivity index (χ0) is 20.9. The SMILES string of the molecule is CCP1(c2ccccc2)(c2ccccc2)Oc2c(c3ccccc3c3ccccc23)O1. The van der Waals surface area contributed by atoms with Gasteiger partial charge in [0, 0.05) is 0 Å². The first-order valence-corrected chi connectivity index (χ1v) is 13.0. The molecule has 3 heteroatoms. The van der Waals surface area contributed by atoms with E-state index in [1.165, 1.54) is 10.8 Å². The Balaban J connectivity index is 1.77. The average Bonchev–Trinajstić information content (AvgIpc) is 3.25. The monoisotopic (exact) mass is 422 g/mol. The number of hydrogen-bond acceptors (Lipinski definition) is 2.